The highest BCUT2D eigenvalue weighted by Crippen LogP contribution is 2.24. The van der Waals surface area contributed by atoms with E-state index in [2.05, 4.69) is 52.8 Å². The van der Waals surface area contributed by atoms with Crippen LogP contribution in [0.25, 0.3) is 10.8 Å². The fourth-order valence-electron chi connectivity index (χ4n) is 3.79. The number of likely N-dealkylation sites (tertiary alicyclic amines) is 1. The molecule has 1 aliphatic rings. The molecule has 1 saturated heterocycles. The van der Waals surface area contributed by atoms with E-state index in [1.54, 1.807) is 0 Å². The van der Waals surface area contributed by atoms with Crippen molar-refractivity contribution < 1.29 is 4.79 Å². The lowest BCUT2D eigenvalue weighted by Gasteiger charge is -2.19. The summed E-state index contributed by atoms with van der Waals surface area (Å²) in [6.07, 6.45) is 2.38. The standard InChI is InChI=1S/C21H29N3O/c1-3-12-24-13-11-17(15-24)14-22-21(25)23-16(2)19-10-6-8-18-7-4-5-9-20(18)19/h4-10,16-17H,3,11-15H2,1-2H3,(H2,22,23,25). The Morgan fingerprint density at radius 3 is 2.88 bits per heavy atom. The highest BCUT2D eigenvalue weighted by molar-refractivity contribution is 5.86. The van der Waals surface area contributed by atoms with Crippen molar-refractivity contribution in [2.24, 2.45) is 5.92 Å². The third kappa shape index (κ3) is 4.51. The Bertz CT molecular complexity index is 710. The summed E-state index contributed by atoms with van der Waals surface area (Å²) in [5.41, 5.74) is 1.16. The monoisotopic (exact) mass is 339 g/mol. The van der Waals surface area contributed by atoms with Gasteiger partial charge in [-0.25, -0.2) is 4.79 Å². The van der Waals surface area contributed by atoms with E-state index in [4.69, 9.17) is 0 Å². The highest BCUT2D eigenvalue weighted by atomic mass is 16.2. The van der Waals surface area contributed by atoms with Crippen LogP contribution in [0.15, 0.2) is 42.5 Å². The molecule has 0 spiro atoms. The molecule has 1 aliphatic heterocycles. The van der Waals surface area contributed by atoms with E-state index < -0.39 is 0 Å². The van der Waals surface area contributed by atoms with Gasteiger partial charge in [-0.15, -0.1) is 0 Å². The van der Waals surface area contributed by atoms with Gasteiger partial charge < -0.3 is 15.5 Å². The molecule has 1 fully saturated rings. The van der Waals surface area contributed by atoms with E-state index in [1.165, 1.54) is 30.2 Å². The lowest BCUT2D eigenvalue weighted by molar-refractivity contribution is 0.235. The maximum Gasteiger partial charge on any atom is 0.315 e. The Labute approximate surface area is 150 Å². The zero-order chi connectivity index (χ0) is 17.6. The van der Waals surface area contributed by atoms with Crippen molar-refractivity contribution in [2.75, 3.05) is 26.2 Å². The van der Waals surface area contributed by atoms with Crippen molar-refractivity contribution in [2.45, 2.75) is 32.7 Å². The fourth-order valence-corrected chi connectivity index (χ4v) is 3.79. The SMILES string of the molecule is CCCN1CCC(CNC(=O)NC(C)c2cccc3ccccc23)C1. The number of amides is 2. The fraction of sp³-hybridized carbons (Fsp3) is 0.476. The van der Waals surface area contributed by atoms with Gasteiger partial charge in [0.2, 0.25) is 0 Å². The van der Waals surface area contributed by atoms with Crippen molar-refractivity contribution in [3.63, 3.8) is 0 Å². The van der Waals surface area contributed by atoms with Gasteiger partial charge in [0.05, 0.1) is 6.04 Å². The summed E-state index contributed by atoms with van der Waals surface area (Å²) >= 11 is 0. The minimum atomic E-state index is -0.0747. The lowest BCUT2D eigenvalue weighted by Crippen LogP contribution is -2.40. The summed E-state index contributed by atoms with van der Waals surface area (Å²) in [6.45, 7) is 8.45. The van der Waals surface area contributed by atoms with Gasteiger partial charge in [-0.1, -0.05) is 49.4 Å². The van der Waals surface area contributed by atoms with E-state index in [0.717, 1.165) is 25.2 Å². The molecule has 25 heavy (non-hydrogen) atoms. The number of benzene rings is 2. The van der Waals surface area contributed by atoms with Crippen molar-refractivity contribution in [1.29, 1.82) is 0 Å². The molecule has 2 aromatic rings. The number of nitrogens with zero attached hydrogens (tertiary/aromatic N) is 1. The number of carbonyl (C=O) groups is 1. The van der Waals surface area contributed by atoms with E-state index >= 15 is 0 Å². The molecule has 134 valence electrons. The van der Waals surface area contributed by atoms with Crippen molar-refractivity contribution in [3.8, 4) is 0 Å². The summed E-state index contributed by atoms with van der Waals surface area (Å²) in [7, 11) is 0. The van der Waals surface area contributed by atoms with Crippen LogP contribution in [0.2, 0.25) is 0 Å². The number of urea groups is 1. The Morgan fingerprint density at radius 1 is 1.24 bits per heavy atom. The van der Waals surface area contributed by atoms with Gasteiger partial charge in [0.1, 0.15) is 0 Å². The first-order valence-electron chi connectivity index (χ1n) is 9.41. The van der Waals surface area contributed by atoms with Crippen LogP contribution in [0.1, 0.15) is 38.3 Å². The topological polar surface area (TPSA) is 44.4 Å². The predicted molar refractivity (Wildman–Crippen MR) is 104 cm³/mol. The molecule has 2 unspecified atom stereocenters. The van der Waals surface area contributed by atoms with Crippen LogP contribution in [0.4, 0.5) is 4.79 Å². The molecule has 0 saturated carbocycles. The molecule has 4 nitrogen and oxygen atoms in total. The maximum atomic E-state index is 12.3. The van der Waals surface area contributed by atoms with Crippen LogP contribution < -0.4 is 10.6 Å². The zero-order valence-corrected chi connectivity index (χ0v) is 15.3. The average molecular weight is 339 g/mol. The summed E-state index contributed by atoms with van der Waals surface area (Å²) in [4.78, 5) is 14.8. The number of nitrogens with one attached hydrogen (secondary N) is 2. The largest absolute Gasteiger partial charge is 0.338 e. The number of hydrogen-bond acceptors (Lipinski definition) is 2. The molecule has 0 aromatic heterocycles. The summed E-state index contributed by atoms with van der Waals surface area (Å²) in [5.74, 6) is 0.574. The van der Waals surface area contributed by atoms with Gasteiger partial charge in [0.15, 0.2) is 0 Å². The molecule has 2 aromatic carbocycles. The summed E-state index contributed by atoms with van der Waals surface area (Å²) in [5, 5.41) is 8.55. The predicted octanol–water partition coefficient (Wildman–Crippen LogP) is 3.93. The maximum absolute atomic E-state index is 12.3. The summed E-state index contributed by atoms with van der Waals surface area (Å²) in [6, 6.07) is 14.5. The Balaban J connectivity index is 1.52. The van der Waals surface area contributed by atoms with Crippen LogP contribution in [0, 0.1) is 5.92 Å². The number of hydrogen-bond donors (Lipinski definition) is 2. The molecule has 4 heteroatoms. The van der Waals surface area contributed by atoms with Crippen LogP contribution in [-0.2, 0) is 0 Å². The van der Waals surface area contributed by atoms with Crippen LogP contribution in [0.5, 0.6) is 0 Å². The molecule has 1 heterocycles. The molecular formula is C21H29N3O. The second-order valence-corrected chi connectivity index (χ2v) is 7.10. The van der Waals surface area contributed by atoms with E-state index in [-0.39, 0.29) is 12.1 Å². The third-order valence-corrected chi connectivity index (χ3v) is 5.10. The molecule has 2 amide bonds. The van der Waals surface area contributed by atoms with Gasteiger partial charge in [-0.05, 0) is 55.1 Å². The molecular weight excluding hydrogens is 310 g/mol. The lowest BCUT2D eigenvalue weighted by atomic mass is 10.00. The van der Waals surface area contributed by atoms with E-state index in [1.807, 2.05) is 19.1 Å². The first kappa shape index (κ1) is 17.7. The molecule has 0 radical (unpaired) electrons. The second kappa shape index (κ2) is 8.34. The number of carbonyl (C=O) groups excluding carboxylic acids is 1. The van der Waals surface area contributed by atoms with Gasteiger partial charge in [0, 0.05) is 13.1 Å². The molecule has 0 bridgehead atoms. The Hall–Kier alpha value is -2.07. The van der Waals surface area contributed by atoms with Crippen molar-refractivity contribution in [3.05, 3.63) is 48.0 Å². The van der Waals surface area contributed by atoms with Crippen LogP contribution in [0.3, 0.4) is 0 Å². The first-order valence-corrected chi connectivity index (χ1v) is 9.41. The van der Waals surface area contributed by atoms with Crippen LogP contribution in [-0.4, -0.2) is 37.1 Å². The van der Waals surface area contributed by atoms with Gasteiger partial charge in [0.25, 0.3) is 0 Å². The molecule has 2 N–H and O–H groups in total. The van der Waals surface area contributed by atoms with Gasteiger partial charge in [-0.3, -0.25) is 0 Å². The zero-order valence-electron chi connectivity index (χ0n) is 15.3. The molecule has 2 atom stereocenters. The normalized spacial score (nSPS) is 19.0. The minimum absolute atomic E-state index is 0.0220. The number of rotatable bonds is 6. The van der Waals surface area contributed by atoms with E-state index in [0.29, 0.717) is 5.92 Å². The van der Waals surface area contributed by atoms with E-state index in [9.17, 15) is 4.79 Å². The number of fused-ring (bicyclic) bond motifs is 1. The van der Waals surface area contributed by atoms with Crippen LogP contribution >= 0.6 is 0 Å². The quantitative estimate of drug-likeness (QED) is 0.837. The minimum Gasteiger partial charge on any atom is -0.338 e. The third-order valence-electron chi connectivity index (χ3n) is 5.10. The van der Waals surface area contributed by atoms with Gasteiger partial charge in [-0.2, -0.15) is 0 Å². The van der Waals surface area contributed by atoms with Crippen molar-refractivity contribution in [1.82, 2.24) is 15.5 Å². The molecule has 0 aliphatic carbocycles. The second-order valence-electron chi connectivity index (χ2n) is 7.10. The highest BCUT2D eigenvalue weighted by Gasteiger charge is 2.22. The average Bonchev–Trinajstić information content (AvgIpc) is 3.07. The van der Waals surface area contributed by atoms with Crippen molar-refractivity contribution >= 4 is 16.8 Å². The van der Waals surface area contributed by atoms with Gasteiger partial charge >= 0.3 is 6.03 Å². The summed E-state index contributed by atoms with van der Waals surface area (Å²) < 4.78 is 0. The Kier molecular flexibility index (Phi) is 5.92. The molecule has 3 rings (SSSR count). The Morgan fingerprint density at radius 2 is 2.04 bits per heavy atom. The smallest absolute Gasteiger partial charge is 0.315 e. The first-order chi connectivity index (χ1) is 12.2.